The molecule has 1 saturated heterocycles. The molecule has 4 nitrogen and oxygen atoms in total. The van der Waals surface area contributed by atoms with Crippen LogP contribution in [0.5, 0.6) is 0 Å². The van der Waals surface area contributed by atoms with Crippen molar-refractivity contribution in [2.75, 3.05) is 6.54 Å². The fraction of sp³-hybridized carbons (Fsp3) is 0.385. The van der Waals surface area contributed by atoms with Gasteiger partial charge in [-0.05, 0) is 47.3 Å². The molecular weight excluding hydrogens is 353 g/mol. The number of carboxylic acid groups (broad SMARTS) is 1. The fourth-order valence-corrected chi connectivity index (χ4v) is 2.90. The summed E-state index contributed by atoms with van der Waals surface area (Å²) in [4.78, 5) is 24.9. The third kappa shape index (κ3) is 2.96. The first-order chi connectivity index (χ1) is 9.41. The lowest BCUT2D eigenvalue weighted by molar-refractivity contribution is -0.143. The van der Waals surface area contributed by atoms with Gasteiger partial charge in [0.2, 0.25) is 0 Å². The third-order valence-corrected chi connectivity index (χ3v) is 4.30. The van der Waals surface area contributed by atoms with Crippen molar-refractivity contribution in [3.8, 4) is 0 Å². The van der Waals surface area contributed by atoms with Crippen LogP contribution in [0.2, 0.25) is 5.02 Å². The van der Waals surface area contributed by atoms with Gasteiger partial charge in [-0.2, -0.15) is 0 Å². The van der Waals surface area contributed by atoms with E-state index in [0.717, 1.165) is 18.9 Å². The highest BCUT2D eigenvalue weighted by Crippen LogP contribution is 2.28. The van der Waals surface area contributed by atoms with Crippen LogP contribution in [0.4, 0.5) is 4.39 Å². The van der Waals surface area contributed by atoms with E-state index in [0.29, 0.717) is 13.0 Å². The number of carbonyl (C=O) groups is 2. The number of piperidine rings is 1. The molecule has 1 atom stereocenters. The van der Waals surface area contributed by atoms with E-state index < -0.39 is 23.7 Å². The normalized spacial score (nSPS) is 18.9. The predicted molar refractivity (Wildman–Crippen MR) is 75.4 cm³/mol. The van der Waals surface area contributed by atoms with Crippen LogP contribution in [-0.4, -0.2) is 34.5 Å². The molecule has 0 aromatic heterocycles. The summed E-state index contributed by atoms with van der Waals surface area (Å²) in [7, 11) is 0. The van der Waals surface area contributed by atoms with Gasteiger partial charge in [0.05, 0.1) is 10.0 Å². The van der Waals surface area contributed by atoms with Gasteiger partial charge in [-0.15, -0.1) is 0 Å². The van der Waals surface area contributed by atoms with Crippen LogP contribution in [0, 0.1) is 5.82 Å². The van der Waals surface area contributed by atoms with Crippen LogP contribution in [0.3, 0.4) is 0 Å². The van der Waals surface area contributed by atoms with Gasteiger partial charge in [0.15, 0.2) is 0 Å². The quantitative estimate of drug-likeness (QED) is 0.819. The van der Waals surface area contributed by atoms with Crippen molar-refractivity contribution < 1.29 is 19.1 Å². The first-order valence-electron chi connectivity index (χ1n) is 6.10. The summed E-state index contributed by atoms with van der Waals surface area (Å²) in [6.45, 7) is 0.344. The van der Waals surface area contributed by atoms with Crippen LogP contribution < -0.4 is 0 Å². The summed E-state index contributed by atoms with van der Waals surface area (Å²) in [5.74, 6) is -2.22. The second-order valence-corrected chi connectivity index (χ2v) is 5.83. The molecule has 0 radical (unpaired) electrons. The summed E-state index contributed by atoms with van der Waals surface area (Å²) in [5, 5.41) is 9.27. The average Bonchev–Trinajstić information content (AvgIpc) is 2.42. The van der Waals surface area contributed by atoms with Gasteiger partial charge in [0.25, 0.3) is 5.91 Å². The van der Waals surface area contributed by atoms with Crippen LogP contribution in [0.15, 0.2) is 16.6 Å². The van der Waals surface area contributed by atoms with E-state index in [2.05, 4.69) is 15.9 Å². The van der Waals surface area contributed by atoms with E-state index in [1.807, 2.05) is 0 Å². The van der Waals surface area contributed by atoms with Crippen molar-refractivity contribution in [2.45, 2.75) is 25.3 Å². The molecular formula is C13H12BrClFNO3. The highest BCUT2D eigenvalue weighted by Gasteiger charge is 2.33. The van der Waals surface area contributed by atoms with Crippen LogP contribution in [-0.2, 0) is 4.79 Å². The molecule has 0 aliphatic carbocycles. The van der Waals surface area contributed by atoms with Crippen LogP contribution in [0.1, 0.15) is 29.6 Å². The monoisotopic (exact) mass is 363 g/mol. The smallest absolute Gasteiger partial charge is 0.326 e. The zero-order valence-corrected chi connectivity index (χ0v) is 12.7. The minimum atomic E-state index is -1.04. The van der Waals surface area contributed by atoms with Gasteiger partial charge in [-0.25, -0.2) is 9.18 Å². The van der Waals surface area contributed by atoms with E-state index in [9.17, 15) is 19.1 Å². The number of likely N-dealkylation sites (tertiary alicyclic amines) is 1. The number of hydrogen-bond acceptors (Lipinski definition) is 2. The van der Waals surface area contributed by atoms with Crippen molar-refractivity contribution in [1.29, 1.82) is 0 Å². The highest BCUT2D eigenvalue weighted by atomic mass is 79.9. The molecule has 0 bridgehead atoms. The first kappa shape index (κ1) is 15.3. The maximum atomic E-state index is 13.6. The Hall–Kier alpha value is -1.14. The third-order valence-electron chi connectivity index (χ3n) is 3.27. The Morgan fingerprint density at radius 2 is 2.10 bits per heavy atom. The molecule has 1 unspecified atom stereocenters. The van der Waals surface area contributed by atoms with Gasteiger partial charge in [0, 0.05) is 11.6 Å². The summed E-state index contributed by atoms with van der Waals surface area (Å²) in [5.41, 5.74) is 0.0446. The number of carbonyl (C=O) groups excluding carboxylic acids is 1. The fourth-order valence-electron chi connectivity index (χ4n) is 2.30. The summed E-state index contributed by atoms with van der Waals surface area (Å²) in [6.07, 6.45) is 1.89. The molecule has 2 rings (SSSR count). The molecule has 20 heavy (non-hydrogen) atoms. The number of nitrogens with zero attached hydrogens (tertiary/aromatic N) is 1. The molecule has 7 heteroatoms. The molecule has 1 aromatic rings. The van der Waals surface area contributed by atoms with Crippen LogP contribution >= 0.6 is 27.5 Å². The molecule has 1 amide bonds. The lowest BCUT2D eigenvalue weighted by atomic mass is 10.0. The highest BCUT2D eigenvalue weighted by molar-refractivity contribution is 9.10. The molecule has 0 saturated carbocycles. The molecule has 0 spiro atoms. The van der Waals surface area contributed by atoms with Gasteiger partial charge in [-0.3, -0.25) is 4.79 Å². The molecule has 1 aliphatic rings. The minimum absolute atomic E-state index is 0.00149. The van der Waals surface area contributed by atoms with Crippen LogP contribution in [0.25, 0.3) is 0 Å². The number of carboxylic acids is 1. The van der Waals surface area contributed by atoms with Gasteiger partial charge < -0.3 is 10.0 Å². The number of amides is 1. The Balaban J connectivity index is 2.37. The van der Waals surface area contributed by atoms with E-state index in [1.54, 1.807) is 0 Å². The second-order valence-electron chi connectivity index (χ2n) is 4.60. The molecule has 1 aliphatic heterocycles. The Morgan fingerprint density at radius 3 is 2.75 bits per heavy atom. The zero-order valence-electron chi connectivity index (χ0n) is 10.4. The van der Waals surface area contributed by atoms with E-state index in [-0.39, 0.29) is 15.1 Å². The molecule has 1 aromatic carbocycles. The molecule has 1 heterocycles. The zero-order chi connectivity index (χ0) is 14.9. The molecule has 108 valence electrons. The van der Waals surface area contributed by atoms with E-state index >= 15 is 0 Å². The number of halogens is 3. The Bertz CT molecular complexity index is 567. The lowest BCUT2D eigenvalue weighted by Gasteiger charge is -2.33. The standard InChI is InChI=1S/C13H12BrClFNO3/c14-11-8(5-7(15)6-9(11)16)12(18)17-4-2-1-3-10(17)13(19)20/h5-6,10H,1-4H2,(H,19,20). The number of aliphatic carboxylic acids is 1. The second kappa shape index (κ2) is 6.10. The minimum Gasteiger partial charge on any atom is -0.480 e. The maximum absolute atomic E-state index is 13.6. The molecule has 1 N–H and O–H groups in total. The lowest BCUT2D eigenvalue weighted by Crippen LogP contribution is -2.48. The van der Waals surface area contributed by atoms with Crippen molar-refractivity contribution >= 4 is 39.4 Å². The number of benzene rings is 1. The van der Waals surface area contributed by atoms with Gasteiger partial charge in [-0.1, -0.05) is 11.6 Å². The number of rotatable bonds is 2. The predicted octanol–water partition coefficient (Wildman–Crippen LogP) is 3.32. The van der Waals surface area contributed by atoms with E-state index in [1.165, 1.54) is 11.0 Å². The Kier molecular flexibility index (Phi) is 4.65. The topological polar surface area (TPSA) is 57.6 Å². The van der Waals surface area contributed by atoms with Gasteiger partial charge >= 0.3 is 5.97 Å². The maximum Gasteiger partial charge on any atom is 0.326 e. The average molecular weight is 365 g/mol. The van der Waals surface area contributed by atoms with Crippen molar-refractivity contribution in [3.63, 3.8) is 0 Å². The van der Waals surface area contributed by atoms with Crippen molar-refractivity contribution in [2.24, 2.45) is 0 Å². The SMILES string of the molecule is O=C(O)C1CCCCN1C(=O)c1cc(Cl)cc(F)c1Br. The number of hydrogen-bond donors (Lipinski definition) is 1. The van der Waals surface area contributed by atoms with Crippen molar-refractivity contribution in [1.82, 2.24) is 4.90 Å². The first-order valence-corrected chi connectivity index (χ1v) is 7.27. The summed E-state index contributed by atoms with van der Waals surface area (Å²) < 4.78 is 13.6. The largest absolute Gasteiger partial charge is 0.480 e. The Labute approximate surface area is 128 Å². The molecule has 1 fully saturated rings. The van der Waals surface area contributed by atoms with Crippen molar-refractivity contribution in [3.05, 3.63) is 33.0 Å². The van der Waals surface area contributed by atoms with Gasteiger partial charge in [0.1, 0.15) is 11.9 Å². The summed E-state index contributed by atoms with van der Waals surface area (Å²) >= 11 is 8.77. The Morgan fingerprint density at radius 1 is 1.40 bits per heavy atom. The van der Waals surface area contributed by atoms with E-state index in [4.69, 9.17) is 11.6 Å². The summed E-state index contributed by atoms with van der Waals surface area (Å²) in [6, 6.07) is 1.56.